The highest BCUT2D eigenvalue weighted by atomic mass is 16.6. The molecule has 1 N–H and O–H groups in total. The number of likely N-dealkylation sites (tertiary alicyclic amines) is 1. The summed E-state index contributed by atoms with van der Waals surface area (Å²) in [5.41, 5.74) is 1.21. The van der Waals surface area contributed by atoms with Crippen molar-refractivity contribution in [2.45, 2.75) is 58.2 Å². The Hall–Kier alpha value is -2.08. The maximum atomic E-state index is 11.9. The second kappa shape index (κ2) is 9.03. The minimum absolute atomic E-state index is 0.288. The Morgan fingerprint density at radius 3 is 2.50 bits per heavy atom. The van der Waals surface area contributed by atoms with E-state index in [-0.39, 0.29) is 18.1 Å². The van der Waals surface area contributed by atoms with Crippen LogP contribution in [0.15, 0.2) is 24.3 Å². The van der Waals surface area contributed by atoms with Crippen LogP contribution in [0, 0.1) is 0 Å². The molecular weight excluding hydrogens is 332 g/mol. The molecule has 0 aromatic heterocycles. The summed E-state index contributed by atoms with van der Waals surface area (Å²) in [6, 6.07) is 7.79. The molecule has 1 fully saturated rings. The van der Waals surface area contributed by atoms with Gasteiger partial charge in [-0.2, -0.15) is 0 Å². The zero-order valence-electron chi connectivity index (χ0n) is 16.2. The minimum Gasteiger partial charge on any atom is -0.465 e. The highest BCUT2D eigenvalue weighted by Gasteiger charge is 2.24. The standard InChI is InChI=1S/C20H30N2O4/c1-20(2,3)26-19(24)21-13-17-7-5-6-12-22(17)14-15-8-10-16(11-9-15)18(23)25-4/h8-11,17H,5-7,12-14H2,1-4H3,(H,21,24)/t17-/m0/s1. The van der Waals surface area contributed by atoms with Crippen LogP contribution >= 0.6 is 0 Å². The second-order valence-electron chi connectivity index (χ2n) is 7.69. The van der Waals surface area contributed by atoms with Crippen molar-refractivity contribution in [3.63, 3.8) is 0 Å². The van der Waals surface area contributed by atoms with Crippen molar-refractivity contribution >= 4 is 12.1 Å². The summed E-state index contributed by atoms with van der Waals surface area (Å²) in [5.74, 6) is -0.325. The first-order valence-corrected chi connectivity index (χ1v) is 9.16. The summed E-state index contributed by atoms with van der Waals surface area (Å²) < 4.78 is 10.0. The highest BCUT2D eigenvalue weighted by molar-refractivity contribution is 5.89. The van der Waals surface area contributed by atoms with Crippen LogP contribution in [0.25, 0.3) is 0 Å². The summed E-state index contributed by atoms with van der Waals surface area (Å²) in [4.78, 5) is 25.8. The van der Waals surface area contributed by atoms with Crippen molar-refractivity contribution in [2.24, 2.45) is 0 Å². The molecule has 144 valence electrons. The predicted octanol–water partition coefficient (Wildman–Crippen LogP) is 3.35. The SMILES string of the molecule is COC(=O)c1ccc(CN2CCCC[C@H]2CNC(=O)OC(C)(C)C)cc1. The molecule has 26 heavy (non-hydrogen) atoms. The van der Waals surface area contributed by atoms with Crippen LogP contribution in [-0.2, 0) is 16.0 Å². The lowest BCUT2D eigenvalue weighted by molar-refractivity contribution is 0.0491. The molecule has 1 saturated heterocycles. The van der Waals surface area contributed by atoms with Gasteiger partial charge in [0.25, 0.3) is 0 Å². The van der Waals surface area contributed by atoms with E-state index in [1.54, 1.807) is 12.1 Å². The fraction of sp³-hybridized carbons (Fsp3) is 0.600. The Morgan fingerprint density at radius 1 is 1.19 bits per heavy atom. The number of amides is 1. The van der Waals surface area contributed by atoms with Gasteiger partial charge in [0.1, 0.15) is 5.60 Å². The van der Waals surface area contributed by atoms with Crippen molar-refractivity contribution in [1.82, 2.24) is 10.2 Å². The molecule has 0 aliphatic carbocycles. The van der Waals surface area contributed by atoms with E-state index in [2.05, 4.69) is 10.2 Å². The van der Waals surface area contributed by atoms with Gasteiger partial charge in [0.05, 0.1) is 12.7 Å². The van der Waals surface area contributed by atoms with Gasteiger partial charge in [-0.05, 0) is 57.9 Å². The van der Waals surface area contributed by atoms with Crippen LogP contribution in [0.4, 0.5) is 4.79 Å². The fourth-order valence-corrected chi connectivity index (χ4v) is 3.11. The molecule has 1 aromatic carbocycles. The number of carbonyl (C=O) groups is 2. The Labute approximate surface area is 155 Å². The van der Waals surface area contributed by atoms with E-state index in [1.165, 1.54) is 13.5 Å². The topological polar surface area (TPSA) is 67.9 Å². The molecule has 6 nitrogen and oxygen atoms in total. The Balaban J connectivity index is 1.91. The van der Waals surface area contributed by atoms with E-state index in [9.17, 15) is 9.59 Å². The van der Waals surface area contributed by atoms with Gasteiger partial charge in [-0.15, -0.1) is 0 Å². The van der Waals surface area contributed by atoms with Crippen molar-refractivity contribution in [1.29, 1.82) is 0 Å². The van der Waals surface area contributed by atoms with Gasteiger partial charge in [0, 0.05) is 19.1 Å². The minimum atomic E-state index is -0.488. The first-order chi connectivity index (χ1) is 12.3. The van der Waals surface area contributed by atoms with Gasteiger partial charge < -0.3 is 14.8 Å². The second-order valence-corrected chi connectivity index (χ2v) is 7.69. The third-order valence-corrected chi connectivity index (χ3v) is 4.39. The van der Waals surface area contributed by atoms with Gasteiger partial charge in [-0.3, -0.25) is 4.90 Å². The molecule has 1 aromatic rings. The van der Waals surface area contributed by atoms with Crippen LogP contribution in [0.1, 0.15) is 56.0 Å². The van der Waals surface area contributed by atoms with Crippen molar-refractivity contribution in [2.75, 3.05) is 20.2 Å². The Bertz CT molecular complexity index is 607. The number of hydrogen-bond donors (Lipinski definition) is 1. The molecule has 1 heterocycles. The maximum Gasteiger partial charge on any atom is 0.407 e. The Kier molecular flexibility index (Phi) is 7.03. The van der Waals surface area contributed by atoms with E-state index < -0.39 is 5.60 Å². The predicted molar refractivity (Wildman–Crippen MR) is 100 cm³/mol. The number of alkyl carbamates (subject to hydrolysis) is 1. The van der Waals surface area contributed by atoms with Crippen molar-refractivity contribution in [3.05, 3.63) is 35.4 Å². The van der Waals surface area contributed by atoms with Gasteiger partial charge >= 0.3 is 12.1 Å². The van der Waals surface area contributed by atoms with Crippen LogP contribution in [0.2, 0.25) is 0 Å². The molecule has 1 aliphatic heterocycles. The van der Waals surface area contributed by atoms with E-state index in [0.717, 1.165) is 31.5 Å². The molecule has 1 atom stereocenters. The van der Waals surface area contributed by atoms with Crippen molar-refractivity contribution < 1.29 is 19.1 Å². The maximum absolute atomic E-state index is 11.9. The van der Waals surface area contributed by atoms with Crippen LogP contribution < -0.4 is 5.32 Å². The van der Waals surface area contributed by atoms with Gasteiger partial charge in [0.2, 0.25) is 0 Å². The molecule has 6 heteroatoms. The lowest BCUT2D eigenvalue weighted by Gasteiger charge is -2.36. The van der Waals surface area contributed by atoms with Crippen LogP contribution in [0.3, 0.4) is 0 Å². The average Bonchev–Trinajstić information content (AvgIpc) is 2.59. The smallest absolute Gasteiger partial charge is 0.407 e. The number of benzene rings is 1. The third-order valence-electron chi connectivity index (χ3n) is 4.39. The first-order valence-electron chi connectivity index (χ1n) is 9.16. The number of carbonyl (C=O) groups excluding carboxylic acids is 2. The number of nitrogens with zero attached hydrogens (tertiary/aromatic N) is 1. The summed E-state index contributed by atoms with van der Waals surface area (Å²) in [6.07, 6.45) is 3.00. The van der Waals surface area contributed by atoms with Gasteiger partial charge in [-0.1, -0.05) is 18.6 Å². The van der Waals surface area contributed by atoms with Crippen LogP contribution in [0.5, 0.6) is 0 Å². The first kappa shape index (κ1) is 20.2. The van der Waals surface area contributed by atoms with Gasteiger partial charge in [0.15, 0.2) is 0 Å². The van der Waals surface area contributed by atoms with E-state index in [0.29, 0.717) is 12.1 Å². The Morgan fingerprint density at radius 2 is 1.88 bits per heavy atom. The summed E-state index contributed by atoms with van der Waals surface area (Å²) in [6.45, 7) is 7.95. The number of ether oxygens (including phenoxy) is 2. The zero-order chi connectivity index (χ0) is 19.2. The number of piperidine rings is 1. The third kappa shape index (κ3) is 6.33. The molecule has 0 radical (unpaired) electrons. The quantitative estimate of drug-likeness (QED) is 0.814. The lowest BCUT2D eigenvalue weighted by atomic mass is 10.0. The monoisotopic (exact) mass is 362 g/mol. The van der Waals surface area contributed by atoms with Gasteiger partial charge in [-0.25, -0.2) is 9.59 Å². The molecule has 1 amide bonds. The average molecular weight is 362 g/mol. The zero-order valence-corrected chi connectivity index (χ0v) is 16.2. The number of methoxy groups -OCH3 is 1. The normalized spacial score (nSPS) is 18.2. The van der Waals surface area contributed by atoms with E-state index in [1.807, 2.05) is 32.9 Å². The van der Waals surface area contributed by atoms with E-state index in [4.69, 9.17) is 9.47 Å². The molecule has 0 unspecified atom stereocenters. The fourth-order valence-electron chi connectivity index (χ4n) is 3.11. The lowest BCUT2D eigenvalue weighted by Crippen LogP contribution is -2.47. The summed E-state index contributed by atoms with van der Waals surface area (Å²) in [5, 5.41) is 2.89. The van der Waals surface area contributed by atoms with Crippen molar-refractivity contribution in [3.8, 4) is 0 Å². The van der Waals surface area contributed by atoms with E-state index >= 15 is 0 Å². The molecule has 1 aliphatic rings. The number of nitrogens with one attached hydrogen (secondary N) is 1. The molecule has 0 bridgehead atoms. The molecular formula is C20H30N2O4. The van der Waals surface area contributed by atoms with Crippen LogP contribution in [-0.4, -0.2) is 48.8 Å². The molecule has 0 spiro atoms. The largest absolute Gasteiger partial charge is 0.465 e. The highest BCUT2D eigenvalue weighted by Crippen LogP contribution is 2.20. The number of esters is 1. The number of rotatable bonds is 5. The summed E-state index contributed by atoms with van der Waals surface area (Å²) >= 11 is 0. The molecule has 2 rings (SSSR count). The molecule has 0 saturated carbocycles. The summed E-state index contributed by atoms with van der Waals surface area (Å²) in [7, 11) is 1.38. The number of hydrogen-bond acceptors (Lipinski definition) is 5.